The second-order valence-electron chi connectivity index (χ2n) is 3.45. The third kappa shape index (κ3) is 1.84. The van der Waals surface area contributed by atoms with Crippen LogP contribution in [0.1, 0.15) is 13.9 Å². The van der Waals surface area contributed by atoms with Gasteiger partial charge in [0.05, 0.1) is 5.69 Å². The first kappa shape index (κ1) is 9.21. The summed E-state index contributed by atoms with van der Waals surface area (Å²) in [7, 11) is 0. The van der Waals surface area contributed by atoms with Gasteiger partial charge < -0.3 is 5.11 Å². The molecular formula is C13H13NO2. The smallest absolute Gasteiger partial charge is 0.255 e. The highest BCUT2D eigenvalue weighted by atomic mass is 16.3. The largest absolute Gasteiger partial charge is 0.506 e. The van der Waals surface area contributed by atoms with E-state index in [2.05, 4.69) is 0 Å². The number of hydrogen-bond donors (Lipinski definition) is 1. The summed E-state index contributed by atoms with van der Waals surface area (Å²) in [6.45, 7) is 1.73. The monoisotopic (exact) mass is 216 g/mol. The zero-order valence-corrected chi connectivity index (χ0v) is 8.92. The first-order valence-corrected chi connectivity index (χ1v) is 5.03. The predicted molar refractivity (Wildman–Crippen MR) is 63.1 cm³/mol. The van der Waals surface area contributed by atoms with Crippen molar-refractivity contribution >= 4 is 0 Å². The summed E-state index contributed by atoms with van der Waals surface area (Å²) in [6, 6.07) is 9.68. The Morgan fingerprint density at radius 3 is 2.75 bits per heavy atom. The van der Waals surface area contributed by atoms with Crippen LogP contribution in [0.4, 0.5) is 0 Å². The van der Waals surface area contributed by atoms with Gasteiger partial charge in [0.15, 0.2) is 0 Å². The van der Waals surface area contributed by atoms with Crippen LogP contribution in [0.3, 0.4) is 0 Å². The molecule has 0 fully saturated rings. The predicted octanol–water partition coefficient (Wildman–Crippen LogP) is 2.11. The Bertz CT molecular complexity index is 590. The molecule has 0 aliphatic heterocycles. The molecule has 0 aliphatic carbocycles. The van der Waals surface area contributed by atoms with Crippen molar-refractivity contribution in [3.63, 3.8) is 0 Å². The minimum Gasteiger partial charge on any atom is -0.506 e. The Labute approximate surface area is 95.0 Å². The highest BCUT2D eigenvalue weighted by Crippen LogP contribution is 2.19. The minimum absolute atomic E-state index is 0.0457. The fraction of sp³-hybridized carbons (Fsp3) is 0.154. The Kier molecular flexibility index (Phi) is 2.43. The Morgan fingerprint density at radius 1 is 1.31 bits per heavy atom. The van der Waals surface area contributed by atoms with Crippen molar-refractivity contribution < 1.29 is 6.48 Å². The van der Waals surface area contributed by atoms with Crippen LogP contribution in [0, 0.1) is 0 Å². The number of para-hydroxylation sites is 2. The fourth-order valence-corrected chi connectivity index (χ4v) is 1.53. The Hall–Kier alpha value is -2.03. The van der Waals surface area contributed by atoms with Gasteiger partial charge in [-0.2, -0.15) is 0 Å². The number of aryl methyl sites for hydroxylation is 1. The minimum atomic E-state index is -0.410. The number of phenolic OH excluding ortho intramolecular Hbond substituents is 1. The molecule has 3 heteroatoms. The molecule has 0 bridgehead atoms. The number of aromatic nitrogens is 1. The van der Waals surface area contributed by atoms with Crippen molar-refractivity contribution in [3.05, 3.63) is 58.5 Å². The lowest BCUT2D eigenvalue weighted by Crippen LogP contribution is -2.17. The van der Waals surface area contributed by atoms with Crippen molar-refractivity contribution in [2.24, 2.45) is 0 Å². The summed E-state index contributed by atoms with van der Waals surface area (Å²) >= 11 is 0. The van der Waals surface area contributed by atoms with E-state index >= 15 is 0 Å². The molecule has 0 radical (unpaired) electrons. The zero-order valence-electron chi connectivity index (χ0n) is 9.92. The maximum Gasteiger partial charge on any atom is 0.255 e. The molecule has 16 heavy (non-hydrogen) atoms. The molecule has 0 saturated carbocycles. The van der Waals surface area contributed by atoms with Gasteiger partial charge in [-0.3, -0.25) is 9.36 Å². The number of benzene rings is 1. The van der Waals surface area contributed by atoms with E-state index in [1.54, 1.807) is 37.4 Å². The molecule has 1 atom stereocenters. The first-order chi connectivity index (χ1) is 8.09. The van der Waals surface area contributed by atoms with Gasteiger partial charge in [-0.05, 0) is 24.1 Å². The molecule has 0 amide bonds. The molecule has 1 aromatic heterocycles. The Morgan fingerprint density at radius 2 is 2.06 bits per heavy atom. The molecule has 1 N–H and O–H groups in total. The maximum absolute atomic E-state index is 11.7. The number of rotatable bonds is 2. The second kappa shape index (κ2) is 4.23. The SMILES string of the molecule is [2H]C(C)c1ccc(=O)n(-c2ccccc2O)c1. The molecule has 2 rings (SSSR count). The molecule has 1 unspecified atom stereocenters. The molecule has 1 heterocycles. The molecule has 2 aromatic rings. The van der Waals surface area contributed by atoms with Gasteiger partial charge >= 0.3 is 0 Å². The lowest BCUT2D eigenvalue weighted by molar-refractivity contribution is 0.471. The van der Waals surface area contributed by atoms with E-state index in [1.165, 1.54) is 16.7 Å². The van der Waals surface area contributed by atoms with Gasteiger partial charge in [0.25, 0.3) is 5.56 Å². The van der Waals surface area contributed by atoms with E-state index in [0.717, 1.165) is 5.56 Å². The summed E-state index contributed by atoms with van der Waals surface area (Å²) in [4.78, 5) is 11.7. The van der Waals surface area contributed by atoms with Gasteiger partial charge in [-0.15, -0.1) is 0 Å². The number of hydrogen-bond acceptors (Lipinski definition) is 2. The van der Waals surface area contributed by atoms with Gasteiger partial charge in [-0.1, -0.05) is 25.1 Å². The third-order valence-corrected chi connectivity index (χ3v) is 2.41. The number of pyridine rings is 1. The third-order valence-electron chi connectivity index (χ3n) is 2.41. The van der Waals surface area contributed by atoms with Gasteiger partial charge in [0.2, 0.25) is 0 Å². The van der Waals surface area contributed by atoms with E-state index in [9.17, 15) is 9.90 Å². The summed E-state index contributed by atoms with van der Waals surface area (Å²) in [5.41, 5.74) is 0.934. The molecule has 3 nitrogen and oxygen atoms in total. The van der Waals surface area contributed by atoms with Crippen LogP contribution in [0.5, 0.6) is 5.75 Å². The number of phenols is 1. The first-order valence-electron chi connectivity index (χ1n) is 5.60. The van der Waals surface area contributed by atoms with Crippen LogP contribution in [0.2, 0.25) is 0 Å². The number of aromatic hydroxyl groups is 1. The molecule has 0 spiro atoms. The second-order valence-corrected chi connectivity index (χ2v) is 3.45. The van der Waals surface area contributed by atoms with E-state index < -0.39 is 6.40 Å². The van der Waals surface area contributed by atoms with Crippen molar-refractivity contribution in [2.45, 2.75) is 13.3 Å². The van der Waals surface area contributed by atoms with Gasteiger partial charge in [0.1, 0.15) is 5.75 Å². The van der Waals surface area contributed by atoms with E-state index in [4.69, 9.17) is 1.37 Å². The average Bonchev–Trinajstić information content (AvgIpc) is 2.30. The van der Waals surface area contributed by atoms with Crippen LogP contribution in [0.25, 0.3) is 5.69 Å². The van der Waals surface area contributed by atoms with Crippen LogP contribution in [-0.4, -0.2) is 9.67 Å². The summed E-state index contributed by atoms with van der Waals surface area (Å²) < 4.78 is 8.98. The van der Waals surface area contributed by atoms with E-state index in [-0.39, 0.29) is 11.3 Å². The average molecular weight is 216 g/mol. The van der Waals surface area contributed by atoms with Crippen LogP contribution >= 0.6 is 0 Å². The zero-order chi connectivity index (χ0) is 12.4. The summed E-state index contributed by atoms with van der Waals surface area (Å²) in [5.74, 6) is 0.0457. The maximum atomic E-state index is 11.7. The molecule has 1 aromatic carbocycles. The standard InChI is InChI=1S/C13H13NO2/c1-2-10-7-8-13(16)14(9-10)11-5-3-4-6-12(11)15/h3-9,15H,2H2,1H3/i2D. The lowest BCUT2D eigenvalue weighted by atomic mass is 10.2. The quantitative estimate of drug-likeness (QED) is 0.835. The van der Waals surface area contributed by atoms with Crippen molar-refractivity contribution in [3.8, 4) is 11.4 Å². The highest BCUT2D eigenvalue weighted by molar-refractivity contribution is 5.45. The molecular weight excluding hydrogens is 202 g/mol. The highest BCUT2D eigenvalue weighted by Gasteiger charge is 2.04. The Balaban J connectivity index is 2.63. The topological polar surface area (TPSA) is 42.2 Å². The van der Waals surface area contributed by atoms with Crippen molar-refractivity contribution in [2.75, 3.05) is 0 Å². The van der Waals surface area contributed by atoms with Gasteiger partial charge in [-0.25, -0.2) is 0 Å². The van der Waals surface area contributed by atoms with E-state index in [1.807, 2.05) is 0 Å². The molecule has 82 valence electrons. The summed E-state index contributed by atoms with van der Waals surface area (Å²) in [5, 5.41) is 9.71. The van der Waals surface area contributed by atoms with Crippen LogP contribution in [0.15, 0.2) is 47.4 Å². The van der Waals surface area contributed by atoms with Crippen molar-refractivity contribution in [1.29, 1.82) is 0 Å². The van der Waals surface area contributed by atoms with Crippen LogP contribution < -0.4 is 5.56 Å². The molecule has 0 aliphatic rings. The van der Waals surface area contributed by atoms with Crippen molar-refractivity contribution in [1.82, 2.24) is 4.57 Å². The fourth-order valence-electron chi connectivity index (χ4n) is 1.53. The lowest BCUT2D eigenvalue weighted by Gasteiger charge is -2.08. The van der Waals surface area contributed by atoms with Crippen LogP contribution in [-0.2, 0) is 6.40 Å². The molecule has 0 saturated heterocycles. The number of nitrogens with zero attached hydrogens (tertiary/aromatic N) is 1. The summed E-state index contributed by atoms with van der Waals surface area (Å²) in [6.07, 6.45) is 1.18. The van der Waals surface area contributed by atoms with Gasteiger partial charge in [0, 0.05) is 13.6 Å². The normalized spacial score (nSPS) is 13.2. The van der Waals surface area contributed by atoms with E-state index in [0.29, 0.717) is 5.69 Å².